The highest BCUT2D eigenvalue weighted by atomic mass is 16.5. The summed E-state index contributed by atoms with van der Waals surface area (Å²) in [4.78, 5) is 12.3. The minimum atomic E-state index is -0.279. The number of carbonyl (C=O) groups is 1. The first-order valence-electron chi connectivity index (χ1n) is 8.61. The lowest BCUT2D eigenvalue weighted by molar-refractivity contribution is 0.0942. The largest absolute Gasteiger partial charge is 0.361 e. The van der Waals surface area contributed by atoms with Crippen molar-refractivity contribution in [3.8, 4) is 16.9 Å². The van der Waals surface area contributed by atoms with Gasteiger partial charge < -0.3 is 9.84 Å². The number of carbonyl (C=O) groups excluding carboxylic acids is 1. The van der Waals surface area contributed by atoms with Gasteiger partial charge in [-0.1, -0.05) is 53.7 Å². The number of hydrogen-bond acceptors (Lipinski definition) is 4. The molecule has 134 valence electrons. The maximum Gasteiger partial charge on any atom is 0.273 e. The maximum atomic E-state index is 12.3. The zero-order valence-electron chi connectivity index (χ0n) is 14.8. The standard InChI is InChI=1S/C21H18N4O2/c1-15-12-19(24-27-15)21(26)22-13-17-14-25(18-10-6-3-7-11-18)23-20(17)16-8-4-2-5-9-16/h2-12,14H,13H2,1H3,(H,22,26). The number of nitrogens with zero attached hydrogens (tertiary/aromatic N) is 3. The summed E-state index contributed by atoms with van der Waals surface area (Å²) in [6.07, 6.45) is 1.94. The van der Waals surface area contributed by atoms with Crippen LogP contribution in [0, 0.1) is 6.92 Å². The summed E-state index contributed by atoms with van der Waals surface area (Å²) < 4.78 is 6.79. The molecule has 0 radical (unpaired) electrons. The van der Waals surface area contributed by atoms with Crippen molar-refractivity contribution in [3.63, 3.8) is 0 Å². The van der Waals surface area contributed by atoms with E-state index in [9.17, 15) is 4.79 Å². The van der Waals surface area contributed by atoms with Gasteiger partial charge >= 0.3 is 0 Å². The highest BCUT2D eigenvalue weighted by Gasteiger charge is 2.15. The molecule has 0 aliphatic carbocycles. The summed E-state index contributed by atoms with van der Waals surface area (Å²) in [5, 5.41) is 11.4. The Morgan fingerprint density at radius 2 is 1.78 bits per heavy atom. The summed E-state index contributed by atoms with van der Waals surface area (Å²) in [6.45, 7) is 2.09. The summed E-state index contributed by atoms with van der Waals surface area (Å²) in [6, 6.07) is 21.4. The molecular formula is C21H18N4O2. The lowest BCUT2D eigenvalue weighted by Crippen LogP contribution is -2.23. The third-order valence-corrected chi connectivity index (χ3v) is 4.16. The molecule has 2 aromatic heterocycles. The third-order valence-electron chi connectivity index (χ3n) is 4.16. The Labute approximate surface area is 156 Å². The van der Waals surface area contributed by atoms with Crippen molar-refractivity contribution in [1.82, 2.24) is 20.3 Å². The number of aromatic nitrogens is 3. The van der Waals surface area contributed by atoms with Crippen molar-refractivity contribution in [2.24, 2.45) is 0 Å². The molecule has 0 saturated carbocycles. The van der Waals surface area contributed by atoms with Crippen LogP contribution >= 0.6 is 0 Å². The zero-order chi connectivity index (χ0) is 18.6. The molecule has 27 heavy (non-hydrogen) atoms. The third kappa shape index (κ3) is 3.64. The van der Waals surface area contributed by atoms with Crippen LogP contribution in [0.4, 0.5) is 0 Å². The molecule has 6 nitrogen and oxygen atoms in total. The lowest BCUT2D eigenvalue weighted by Gasteiger charge is -2.03. The van der Waals surface area contributed by atoms with Gasteiger partial charge in [0.1, 0.15) is 5.76 Å². The second-order valence-electron chi connectivity index (χ2n) is 6.15. The van der Waals surface area contributed by atoms with Crippen LogP contribution in [0.3, 0.4) is 0 Å². The fourth-order valence-corrected chi connectivity index (χ4v) is 2.83. The first-order valence-corrected chi connectivity index (χ1v) is 8.61. The summed E-state index contributed by atoms with van der Waals surface area (Å²) in [7, 11) is 0. The topological polar surface area (TPSA) is 73.0 Å². The van der Waals surface area contributed by atoms with Crippen LogP contribution in [0.5, 0.6) is 0 Å². The lowest BCUT2D eigenvalue weighted by atomic mass is 10.1. The highest BCUT2D eigenvalue weighted by molar-refractivity contribution is 5.92. The van der Waals surface area contributed by atoms with Crippen molar-refractivity contribution in [3.05, 3.63) is 89.9 Å². The maximum absolute atomic E-state index is 12.3. The van der Waals surface area contributed by atoms with E-state index in [1.54, 1.807) is 13.0 Å². The number of hydrogen-bond donors (Lipinski definition) is 1. The van der Waals surface area contributed by atoms with Gasteiger partial charge in [-0.2, -0.15) is 5.10 Å². The zero-order valence-corrected chi connectivity index (χ0v) is 14.8. The molecule has 0 atom stereocenters. The molecule has 0 aliphatic heterocycles. The van der Waals surface area contributed by atoms with Gasteiger partial charge in [-0.3, -0.25) is 4.79 Å². The van der Waals surface area contributed by atoms with E-state index in [2.05, 4.69) is 10.5 Å². The number of amides is 1. The van der Waals surface area contributed by atoms with E-state index in [0.717, 1.165) is 22.5 Å². The molecular weight excluding hydrogens is 340 g/mol. The monoisotopic (exact) mass is 358 g/mol. The smallest absolute Gasteiger partial charge is 0.273 e. The average molecular weight is 358 g/mol. The van der Waals surface area contributed by atoms with Gasteiger partial charge in [0.2, 0.25) is 0 Å². The minimum absolute atomic E-state index is 0.268. The first-order chi connectivity index (χ1) is 13.2. The van der Waals surface area contributed by atoms with Gasteiger partial charge in [0.25, 0.3) is 5.91 Å². The summed E-state index contributed by atoms with van der Waals surface area (Å²) >= 11 is 0. The van der Waals surface area contributed by atoms with Crippen LogP contribution < -0.4 is 5.32 Å². The molecule has 4 rings (SSSR count). The van der Waals surface area contributed by atoms with E-state index < -0.39 is 0 Å². The molecule has 0 unspecified atom stereocenters. The van der Waals surface area contributed by atoms with Gasteiger partial charge in [-0.25, -0.2) is 4.68 Å². The van der Waals surface area contributed by atoms with E-state index >= 15 is 0 Å². The predicted molar refractivity (Wildman–Crippen MR) is 101 cm³/mol. The minimum Gasteiger partial charge on any atom is -0.361 e. The van der Waals surface area contributed by atoms with E-state index in [1.165, 1.54) is 0 Å². The van der Waals surface area contributed by atoms with Crippen molar-refractivity contribution < 1.29 is 9.32 Å². The molecule has 0 aliphatic rings. The number of benzene rings is 2. The molecule has 2 aromatic carbocycles. The number of aryl methyl sites for hydroxylation is 1. The summed E-state index contributed by atoms with van der Waals surface area (Å²) in [5.41, 5.74) is 3.96. The normalized spacial score (nSPS) is 10.7. The van der Waals surface area contributed by atoms with Crippen molar-refractivity contribution in [2.45, 2.75) is 13.5 Å². The van der Waals surface area contributed by atoms with Gasteiger partial charge in [0, 0.05) is 29.9 Å². The Kier molecular flexibility index (Phi) is 4.53. The Morgan fingerprint density at radius 3 is 2.44 bits per heavy atom. The van der Waals surface area contributed by atoms with Gasteiger partial charge in [-0.15, -0.1) is 0 Å². The van der Waals surface area contributed by atoms with Crippen LogP contribution in [0.15, 0.2) is 77.4 Å². The SMILES string of the molecule is Cc1cc(C(=O)NCc2cn(-c3ccccc3)nc2-c2ccccc2)no1. The van der Waals surface area contributed by atoms with Gasteiger partial charge in [-0.05, 0) is 19.1 Å². The van der Waals surface area contributed by atoms with E-state index in [1.807, 2.05) is 71.5 Å². The molecule has 6 heteroatoms. The number of nitrogens with one attached hydrogen (secondary N) is 1. The fourth-order valence-electron chi connectivity index (χ4n) is 2.83. The Morgan fingerprint density at radius 1 is 1.07 bits per heavy atom. The molecule has 0 saturated heterocycles. The molecule has 4 aromatic rings. The number of para-hydroxylation sites is 1. The van der Waals surface area contributed by atoms with E-state index in [-0.39, 0.29) is 11.6 Å². The molecule has 2 heterocycles. The molecule has 1 N–H and O–H groups in total. The van der Waals surface area contributed by atoms with Crippen LogP contribution in [-0.2, 0) is 6.54 Å². The van der Waals surface area contributed by atoms with Crippen LogP contribution in [-0.4, -0.2) is 20.8 Å². The molecule has 0 fully saturated rings. The highest BCUT2D eigenvalue weighted by Crippen LogP contribution is 2.23. The summed E-state index contributed by atoms with van der Waals surface area (Å²) in [5.74, 6) is 0.320. The molecule has 1 amide bonds. The Balaban J connectivity index is 1.64. The van der Waals surface area contributed by atoms with Crippen LogP contribution in [0.2, 0.25) is 0 Å². The van der Waals surface area contributed by atoms with Crippen molar-refractivity contribution in [2.75, 3.05) is 0 Å². The van der Waals surface area contributed by atoms with Crippen LogP contribution in [0.1, 0.15) is 21.8 Å². The first kappa shape index (κ1) is 16.8. The van der Waals surface area contributed by atoms with Crippen molar-refractivity contribution >= 4 is 5.91 Å². The average Bonchev–Trinajstić information content (AvgIpc) is 3.34. The van der Waals surface area contributed by atoms with E-state index in [0.29, 0.717) is 12.3 Å². The second kappa shape index (κ2) is 7.29. The van der Waals surface area contributed by atoms with Crippen LogP contribution in [0.25, 0.3) is 16.9 Å². The predicted octanol–water partition coefficient (Wildman–Crippen LogP) is 3.77. The Hall–Kier alpha value is -3.67. The Bertz CT molecular complexity index is 1050. The molecule has 0 bridgehead atoms. The van der Waals surface area contributed by atoms with Crippen molar-refractivity contribution in [1.29, 1.82) is 0 Å². The number of rotatable bonds is 5. The van der Waals surface area contributed by atoms with Gasteiger partial charge in [0.15, 0.2) is 5.69 Å². The quantitative estimate of drug-likeness (QED) is 0.589. The molecule has 0 spiro atoms. The second-order valence-corrected chi connectivity index (χ2v) is 6.15. The fraction of sp³-hybridized carbons (Fsp3) is 0.0952. The van der Waals surface area contributed by atoms with E-state index in [4.69, 9.17) is 9.62 Å². The van der Waals surface area contributed by atoms with Gasteiger partial charge in [0.05, 0.1) is 11.4 Å².